The number of nitrogens with zero attached hydrogens (tertiary/aromatic N) is 2. The van der Waals surface area contributed by atoms with E-state index in [-0.39, 0.29) is 23.6 Å². The summed E-state index contributed by atoms with van der Waals surface area (Å²) in [4.78, 5) is 15.6. The Labute approximate surface area is 149 Å². The number of halogens is 1. The lowest BCUT2D eigenvalue weighted by Crippen LogP contribution is -2.35. The number of carbonyl (C=O) groups is 1. The van der Waals surface area contributed by atoms with Crippen molar-refractivity contribution >= 4 is 5.91 Å². The Balaban J connectivity index is 2.12. The van der Waals surface area contributed by atoms with Crippen LogP contribution in [0, 0.1) is 17.7 Å². The number of imidazole rings is 1. The predicted molar refractivity (Wildman–Crippen MR) is 90.8 cm³/mol. The van der Waals surface area contributed by atoms with Crippen LogP contribution >= 0.6 is 0 Å². The van der Waals surface area contributed by atoms with Crippen molar-refractivity contribution in [3.8, 4) is 29.0 Å². The Kier molecular flexibility index (Phi) is 4.44. The zero-order chi connectivity index (χ0) is 19.1. The van der Waals surface area contributed by atoms with Crippen molar-refractivity contribution in [3.63, 3.8) is 0 Å². The molecular formula is C18H18FN3O4. The first kappa shape index (κ1) is 17.9. The molecule has 1 amide bonds. The molecule has 0 spiro atoms. The van der Waals surface area contributed by atoms with Gasteiger partial charge >= 0.3 is 0 Å². The number of aliphatic hydroxyl groups excluding tert-OH is 1. The quantitative estimate of drug-likeness (QED) is 0.683. The summed E-state index contributed by atoms with van der Waals surface area (Å²) in [6, 6.07) is 2.62. The zero-order valence-corrected chi connectivity index (χ0v) is 14.3. The molecule has 8 heteroatoms. The van der Waals surface area contributed by atoms with E-state index in [2.05, 4.69) is 16.8 Å². The van der Waals surface area contributed by atoms with Gasteiger partial charge in [-0.2, -0.15) is 0 Å². The number of fused-ring (bicyclic) bond motifs is 3. The number of amides is 1. The van der Waals surface area contributed by atoms with Crippen LogP contribution in [-0.4, -0.2) is 44.0 Å². The van der Waals surface area contributed by atoms with Crippen LogP contribution in [0.2, 0.25) is 0 Å². The molecule has 0 bridgehead atoms. The van der Waals surface area contributed by atoms with Gasteiger partial charge in [0.25, 0.3) is 5.91 Å². The molecule has 1 aromatic carbocycles. The summed E-state index contributed by atoms with van der Waals surface area (Å²) in [5.41, 5.74) is 4.16. The normalized spacial score (nSPS) is 16.0. The molecule has 0 aliphatic carbocycles. The number of ether oxygens (including phenoxy) is 1. The Bertz CT molecular complexity index is 938. The maximum absolute atomic E-state index is 14.4. The molecule has 1 aliphatic heterocycles. The topological polar surface area (TPSA) is 111 Å². The van der Waals surface area contributed by atoms with E-state index in [1.54, 1.807) is 4.57 Å². The van der Waals surface area contributed by atoms with Crippen molar-refractivity contribution in [2.45, 2.75) is 32.1 Å². The van der Waals surface area contributed by atoms with Gasteiger partial charge in [-0.1, -0.05) is 11.8 Å². The van der Waals surface area contributed by atoms with Crippen LogP contribution in [0.25, 0.3) is 11.4 Å². The van der Waals surface area contributed by atoms with E-state index in [0.29, 0.717) is 17.9 Å². The summed E-state index contributed by atoms with van der Waals surface area (Å²) in [5, 5.41) is 19.5. The molecule has 0 radical (unpaired) electrons. The highest BCUT2D eigenvalue weighted by Gasteiger charge is 2.25. The fraction of sp³-hybridized carbons (Fsp3) is 0.333. The van der Waals surface area contributed by atoms with Crippen LogP contribution < -0.4 is 10.5 Å². The third-order valence-corrected chi connectivity index (χ3v) is 4.19. The number of aromatic nitrogens is 2. The largest absolute Gasteiger partial charge is 0.491 e. The van der Waals surface area contributed by atoms with Gasteiger partial charge in [-0.3, -0.25) is 4.79 Å². The van der Waals surface area contributed by atoms with Crippen molar-refractivity contribution < 1.29 is 24.1 Å². The Morgan fingerprint density at radius 3 is 2.92 bits per heavy atom. The average molecular weight is 359 g/mol. The molecule has 2 atom stereocenters. The molecule has 0 saturated heterocycles. The molecule has 0 saturated carbocycles. The third-order valence-electron chi connectivity index (χ3n) is 4.19. The van der Waals surface area contributed by atoms with Gasteiger partial charge in [-0.15, -0.1) is 0 Å². The van der Waals surface area contributed by atoms with E-state index in [0.717, 1.165) is 0 Å². The summed E-state index contributed by atoms with van der Waals surface area (Å²) < 4.78 is 21.6. The first-order valence-corrected chi connectivity index (χ1v) is 7.96. The van der Waals surface area contributed by atoms with Gasteiger partial charge in [0, 0.05) is 12.3 Å². The zero-order valence-electron chi connectivity index (χ0n) is 14.3. The third kappa shape index (κ3) is 3.27. The van der Waals surface area contributed by atoms with Gasteiger partial charge in [0.2, 0.25) is 0 Å². The molecule has 26 heavy (non-hydrogen) atoms. The van der Waals surface area contributed by atoms with Crippen molar-refractivity contribution in [2.75, 3.05) is 6.61 Å². The molecule has 1 aliphatic rings. The summed E-state index contributed by atoms with van der Waals surface area (Å²) in [6.45, 7) is 3.42. The highest BCUT2D eigenvalue weighted by molar-refractivity contribution is 5.91. The number of aliphatic hydroxyl groups is 2. The van der Waals surface area contributed by atoms with Crippen molar-refractivity contribution in [1.82, 2.24) is 9.55 Å². The SMILES string of the molecule is CC(O)C(C)(O)C#Cc1cc2c(cc1F)OCCn1cc(C(N)=O)nc1-2. The second-order valence-electron chi connectivity index (χ2n) is 6.26. The van der Waals surface area contributed by atoms with Crippen molar-refractivity contribution in [3.05, 3.63) is 35.4 Å². The van der Waals surface area contributed by atoms with Gasteiger partial charge in [0.05, 0.1) is 23.8 Å². The lowest BCUT2D eigenvalue weighted by atomic mass is 10.0. The Morgan fingerprint density at radius 1 is 1.54 bits per heavy atom. The minimum absolute atomic E-state index is 0.00495. The van der Waals surface area contributed by atoms with E-state index < -0.39 is 23.4 Å². The van der Waals surface area contributed by atoms with Crippen LogP contribution in [0.4, 0.5) is 4.39 Å². The number of hydrogen-bond donors (Lipinski definition) is 3. The first-order valence-electron chi connectivity index (χ1n) is 7.96. The van der Waals surface area contributed by atoms with E-state index in [1.807, 2.05) is 0 Å². The minimum atomic E-state index is -1.69. The second kappa shape index (κ2) is 6.44. The van der Waals surface area contributed by atoms with Gasteiger partial charge in [-0.05, 0) is 19.9 Å². The fourth-order valence-electron chi connectivity index (χ4n) is 2.42. The van der Waals surface area contributed by atoms with E-state index in [4.69, 9.17) is 10.5 Å². The fourth-order valence-corrected chi connectivity index (χ4v) is 2.42. The van der Waals surface area contributed by atoms with E-state index in [9.17, 15) is 19.4 Å². The molecule has 2 unspecified atom stereocenters. The molecular weight excluding hydrogens is 341 g/mol. The highest BCUT2D eigenvalue weighted by Crippen LogP contribution is 2.34. The second-order valence-corrected chi connectivity index (χ2v) is 6.26. The maximum Gasteiger partial charge on any atom is 0.268 e. The Morgan fingerprint density at radius 2 is 2.27 bits per heavy atom. The van der Waals surface area contributed by atoms with Gasteiger partial charge in [-0.25, -0.2) is 9.37 Å². The van der Waals surface area contributed by atoms with Crippen LogP contribution in [0.15, 0.2) is 18.3 Å². The van der Waals surface area contributed by atoms with E-state index in [1.165, 1.54) is 32.2 Å². The number of carbonyl (C=O) groups excluding carboxylic acids is 1. The number of benzene rings is 1. The highest BCUT2D eigenvalue weighted by atomic mass is 19.1. The number of primary amides is 1. The van der Waals surface area contributed by atoms with Crippen molar-refractivity contribution in [2.24, 2.45) is 5.73 Å². The van der Waals surface area contributed by atoms with Gasteiger partial charge in [0.1, 0.15) is 35.3 Å². The molecule has 0 fully saturated rings. The molecule has 7 nitrogen and oxygen atoms in total. The maximum atomic E-state index is 14.4. The number of nitrogens with two attached hydrogens (primary N) is 1. The first-order chi connectivity index (χ1) is 12.2. The molecule has 136 valence electrons. The summed E-state index contributed by atoms with van der Waals surface area (Å²) in [6.07, 6.45) is 0.405. The summed E-state index contributed by atoms with van der Waals surface area (Å²) >= 11 is 0. The van der Waals surface area contributed by atoms with Gasteiger partial charge < -0.3 is 25.3 Å². The summed E-state index contributed by atoms with van der Waals surface area (Å²) in [7, 11) is 0. The number of rotatable bonds is 2. The number of hydrogen-bond acceptors (Lipinski definition) is 5. The standard InChI is InChI=1S/C18H18FN3O4/c1-10(23)18(2,25)4-3-11-7-12-15(8-13(11)19)26-6-5-22-9-14(16(20)24)21-17(12)22/h7-10,23,25H,5-6H2,1-2H3,(H2,20,24). The molecule has 4 N–H and O–H groups in total. The van der Waals surface area contributed by atoms with E-state index >= 15 is 0 Å². The lowest BCUT2D eigenvalue weighted by molar-refractivity contribution is -0.00787. The van der Waals surface area contributed by atoms with Crippen LogP contribution in [0.5, 0.6) is 5.75 Å². The molecule has 2 heterocycles. The summed E-state index contributed by atoms with van der Waals surface area (Å²) in [5.74, 6) is 4.40. The van der Waals surface area contributed by atoms with Crippen molar-refractivity contribution in [1.29, 1.82) is 0 Å². The van der Waals surface area contributed by atoms with Crippen LogP contribution in [-0.2, 0) is 6.54 Å². The predicted octanol–water partition coefficient (Wildman–Crippen LogP) is 0.664. The Hall–Kier alpha value is -2.89. The lowest BCUT2D eigenvalue weighted by Gasteiger charge is -2.19. The van der Waals surface area contributed by atoms with Crippen LogP contribution in [0.1, 0.15) is 29.9 Å². The minimum Gasteiger partial charge on any atom is -0.491 e. The molecule has 1 aromatic heterocycles. The average Bonchev–Trinajstić information content (AvgIpc) is 2.91. The van der Waals surface area contributed by atoms with Gasteiger partial charge in [0.15, 0.2) is 0 Å². The monoisotopic (exact) mass is 359 g/mol. The molecule has 3 rings (SSSR count). The molecule has 2 aromatic rings. The van der Waals surface area contributed by atoms with Crippen LogP contribution in [0.3, 0.4) is 0 Å². The smallest absolute Gasteiger partial charge is 0.268 e.